The summed E-state index contributed by atoms with van der Waals surface area (Å²) in [5.74, 6) is 0. The molecule has 1 unspecified atom stereocenters. The molecule has 12 aromatic rings. The number of benzene rings is 12. The van der Waals surface area contributed by atoms with E-state index in [2.05, 4.69) is 223 Å². The molecule has 0 amide bonds. The van der Waals surface area contributed by atoms with Crippen LogP contribution in [0.4, 0.5) is 0 Å². The molecule has 3 fully saturated rings. The van der Waals surface area contributed by atoms with Crippen molar-refractivity contribution in [2.45, 2.75) is 316 Å². The minimum atomic E-state index is -3.87. The zero-order chi connectivity index (χ0) is 102. The number of aryl methyl sites for hydroxylation is 4. The molecule has 24 heteroatoms. The van der Waals surface area contributed by atoms with E-state index in [1.165, 1.54) is 114 Å². The summed E-state index contributed by atoms with van der Waals surface area (Å²) in [4.78, 5) is 1.27. The van der Waals surface area contributed by atoms with Gasteiger partial charge >= 0.3 is 0 Å². The second-order valence-electron chi connectivity index (χ2n) is 39.3. The van der Waals surface area contributed by atoms with Crippen molar-refractivity contribution in [3.63, 3.8) is 0 Å². The molecule has 0 N–H and O–H groups in total. The van der Waals surface area contributed by atoms with Gasteiger partial charge in [0.1, 0.15) is 0 Å². The lowest BCUT2D eigenvalue weighted by Crippen LogP contribution is -2.28. The quantitative estimate of drug-likeness (QED) is 0.0341. The Kier molecular flexibility index (Phi) is 44.6. The maximum absolute atomic E-state index is 14.5. The maximum Gasteiger partial charge on any atom is 0.281 e. The summed E-state index contributed by atoms with van der Waals surface area (Å²) < 4.78 is 133. The van der Waals surface area contributed by atoms with Crippen LogP contribution in [0.3, 0.4) is 0 Å². The Morgan fingerprint density at radius 3 is 0.762 bits per heavy atom. The summed E-state index contributed by atoms with van der Waals surface area (Å²) in [7, 11) is -18.8. The van der Waals surface area contributed by atoms with Gasteiger partial charge in [-0.05, 0) is 251 Å². The molecule has 3 saturated carbocycles. The molecule has 12 nitrogen and oxygen atoms in total. The first-order valence-corrected chi connectivity index (χ1v) is 74.3. The van der Waals surface area contributed by atoms with Crippen LogP contribution in [0.15, 0.2) is 376 Å². The van der Waals surface area contributed by atoms with Gasteiger partial charge in [0, 0.05) is 34.7 Å². The lowest BCUT2D eigenvalue weighted by Gasteiger charge is -2.47. The van der Waals surface area contributed by atoms with Gasteiger partial charge in [0.25, 0.3) is 40.1 Å². The smallest absolute Gasteiger partial charge is 0.199 e. The molecule has 0 spiro atoms. The van der Waals surface area contributed by atoms with Crippen molar-refractivity contribution >= 4 is 140 Å². The summed E-state index contributed by atoms with van der Waals surface area (Å²) >= 11 is 0. The number of sulfonamides is 4. The molecule has 0 heterocycles. The molecule has 764 valence electrons. The van der Waals surface area contributed by atoms with Gasteiger partial charge in [0.2, 0.25) is 0 Å². The highest BCUT2D eigenvalue weighted by atomic mass is 32.2. The average Bonchev–Trinajstić information content (AvgIpc) is 0.759. The highest BCUT2D eigenvalue weighted by Gasteiger charge is 2.49. The number of hydrogen-bond acceptors (Lipinski definition) is 8. The van der Waals surface area contributed by atoms with Crippen LogP contribution in [-0.2, 0) is 65.8 Å². The standard InChI is InChI=1S/C34H45NO2P2S.C29H37NO2P2S.2C28H37NO2P2S/c1-2-3-16-29-25-27-34(28-26-29)40(36,37)35-39(32-21-12-6-13-22-32,33-23-14-7-15-24-33)38(30-17-8-4-9-18-30)31-19-10-5-11-20-31;1-3-4-14-25-21-23-29(24-22-25)35(31,32)30-34(27-17-10-6-11-18-27,28-19-12-7-13-20-28)33(2)26-15-8-5-9-16-26;1-6-7-14-25-19-21-28(22-20-25)34(30,31)29-33(23(2)3,24(4)5)32(26-15-10-8-11-16-26)27-17-12-9-13-18-27;1-6-7-14-25-19-21-28(22-20-25)34(30,31)29-33(26-15-10-8-11-16-26,27-17-12-9-13-18-27)32(23(2)3)24(4)5/h4-5,8-11,17-20,25-28,32-33H,2-3,6-7,12-16,21-24H2,1H3;6-7,10-13,17-24,26H,3-5,8-9,14-16H2,1-2H3;2*8-13,15-24H,6-7,14H2,1-5H3. The molecule has 0 radical (unpaired) electrons. The van der Waals surface area contributed by atoms with E-state index in [0.29, 0.717) is 43.0 Å². The van der Waals surface area contributed by atoms with Crippen molar-refractivity contribution in [2.24, 2.45) is 16.6 Å². The van der Waals surface area contributed by atoms with Gasteiger partial charge in [0.05, 0.1) is 33.1 Å². The Morgan fingerprint density at radius 2 is 0.503 bits per heavy atom. The van der Waals surface area contributed by atoms with E-state index >= 15 is 0 Å². The molecular formula is C119H156N4O8P8S4. The van der Waals surface area contributed by atoms with Crippen molar-refractivity contribution in [3.05, 3.63) is 362 Å². The van der Waals surface area contributed by atoms with Crippen LogP contribution < -0.4 is 42.4 Å². The fourth-order valence-electron chi connectivity index (χ4n) is 20.7. The van der Waals surface area contributed by atoms with Gasteiger partial charge in [-0.3, -0.25) is 0 Å². The number of hydrogen-bond donors (Lipinski definition) is 0. The molecule has 1 atom stereocenters. The predicted molar refractivity (Wildman–Crippen MR) is 630 cm³/mol. The van der Waals surface area contributed by atoms with Gasteiger partial charge < -0.3 is 0 Å². The van der Waals surface area contributed by atoms with Crippen molar-refractivity contribution in [3.8, 4) is 0 Å². The van der Waals surface area contributed by atoms with Gasteiger partial charge in [0.15, 0.2) is 0 Å². The fourth-order valence-corrected chi connectivity index (χ4v) is 82.9. The summed E-state index contributed by atoms with van der Waals surface area (Å²) in [6, 6.07) is 113. The van der Waals surface area contributed by atoms with Crippen LogP contribution in [0, 0.1) is 0 Å². The predicted octanol–water partition coefficient (Wildman–Crippen LogP) is 33.1. The topological polar surface area (TPSA) is 186 Å². The lowest BCUT2D eigenvalue weighted by atomic mass is 10.00. The van der Waals surface area contributed by atoms with Crippen LogP contribution in [0.1, 0.15) is 253 Å². The van der Waals surface area contributed by atoms with Gasteiger partial charge in [-0.2, -0.15) is 50.3 Å². The molecule has 0 aliphatic heterocycles. The Morgan fingerprint density at radius 1 is 0.273 bits per heavy atom. The van der Waals surface area contributed by atoms with Crippen LogP contribution in [0.25, 0.3) is 0 Å². The van der Waals surface area contributed by atoms with Gasteiger partial charge in [-0.25, -0.2) is 0 Å². The van der Waals surface area contributed by atoms with E-state index in [4.69, 9.17) is 16.6 Å². The van der Waals surface area contributed by atoms with E-state index in [0.717, 1.165) is 124 Å². The van der Waals surface area contributed by atoms with Crippen LogP contribution in [-0.4, -0.2) is 79.9 Å². The SMILES string of the molecule is CCCCc1ccc(S(=O)(=O)N=P(C(C)C)(C(C)C)P(c2ccccc2)c2ccccc2)cc1.CCCCc1ccc(S(=O)(=O)N=P(C2CCCCC2)(C2CCCCC2)P(c2ccccc2)c2ccccc2)cc1.CCCCc1ccc(S(=O)(=O)N=P(c2ccccc2)(c2ccccc2)P(C(C)C)C(C)C)cc1.CCCCc1ccc(S(=O)(=O)N=P(c2ccccc2)(c2ccccc2)P(C)C2CCCCC2)cc1. The van der Waals surface area contributed by atoms with E-state index < -0.39 is 97.5 Å². The third-order valence-corrected chi connectivity index (χ3v) is 84.0. The van der Waals surface area contributed by atoms with Gasteiger partial charge in [-0.1, -0.05) is 465 Å². The monoisotopic (exact) mass is 2140 g/mol. The minimum absolute atomic E-state index is 0.123. The average molecular weight is 2150 g/mol. The molecule has 12 aromatic carbocycles. The summed E-state index contributed by atoms with van der Waals surface area (Å²) in [6.45, 7) is 18.5. The molecule has 0 aromatic heterocycles. The fraction of sp³-hybridized carbons (Fsp3) is 0.395. The highest BCUT2D eigenvalue weighted by Crippen LogP contribution is 2.86. The first-order valence-electron chi connectivity index (χ1n) is 52.4. The largest absolute Gasteiger partial charge is 0.281 e. The Labute approximate surface area is 867 Å². The summed E-state index contributed by atoms with van der Waals surface area (Å²) in [6.07, 6.45) is 30.6. The van der Waals surface area contributed by atoms with E-state index in [-0.39, 0.29) is 16.2 Å². The second kappa shape index (κ2) is 55.6. The Hall–Kier alpha value is -6.92. The second-order valence-corrected chi connectivity index (χ2v) is 79.4. The number of nitrogens with zero attached hydrogens (tertiary/aromatic N) is 4. The normalized spacial score (nSPS) is 14.8. The molecule has 143 heavy (non-hydrogen) atoms. The van der Waals surface area contributed by atoms with Crippen molar-refractivity contribution in [2.75, 3.05) is 6.66 Å². The third kappa shape index (κ3) is 29.4. The van der Waals surface area contributed by atoms with Crippen LogP contribution in [0.2, 0.25) is 0 Å². The van der Waals surface area contributed by atoms with Gasteiger partial charge in [-0.15, -0.1) is 0 Å². The first kappa shape index (κ1) is 115. The van der Waals surface area contributed by atoms with Crippen LogP contribution in [0.5, 0.6) is 0 Å². The minimum Gasteiger partial charge on any atom is -0.199 e. The molecule has 0 bridgehead atoms. The molecule has 3 aliphatic rings. The summed E-state index contributed by atoms with van der Waals surface area (Å²) in [5.41, 5.74) is 6.88. The lowest BCUT2D eigenvalue weighted by molar-refractivity contribution is 0.485. The molecular weight excluding hydrogens is 1990 g/mol. The van der Waals surface area contributed by atoms with E-state index in [1.807, 2.05) is 170 Å². The zero-order valence-electron chi connectivity index (χ0n) is 86.7. The Balaban J connectivity index is 0.000000171. The van der Waals surface area contributed by atoms with Crippen molar-refractivity contribution < 1.29 is 33.7 Å². The molecule has 15 rings (SSSR count). The Bertz CT molecular complexity index is 6420. The third-order valence-electron chi connectivity index (χ3n) is 27.9. The zero-order valence-corrected chi connectivity index (χ0v) is 97.2. The first-order chi connectivity index (χ1) is 69.0. The molecule has 0 saturated heterocycles. The van der Waals surface area contributed by atoms with E-state index in [1.54, 1.807) is 36.4 Å². The number of unbranched alkanes of at least 4 members (excludes halogenated alkanes) is 4. The van der Waals surface area contributed by atoms with E-state index in [9.17, 15) is 33.7 Å². The van der Waals surface area contributed by atoms with Crippen LogP contribution >= 0.6 is 57.4 Å². The highest BCUT2D eigenvalue weighted by molar-refractivity contribution is 8.43. The maximum atomic E-state index is 14.5. The number of rotatable bonds is 39. The molecule has 3 aliphatic carbocycles. The summed E-state index contributed by atoms with van der Waals surface area (Å²) in [5, 5.41) is 9.20. The van der Waals surface area contributed by atoms with Crippen molar-refractivity contribution in [1.82, 2.24) is 0 Å². The van der Waals surface area contributed by atoms with Crippen molar-refractivity contribution in [1.29, 1.82) is 0 Å².